The number of benzene rings is 1. The highest BCUT2D eigenvalue weighted by molar-refractivity contribution is 7.19. The van der Waals surface area contributed by atoms with Crippen LogP contribution in [-0.2, 0) is 0 Å². The van der Waals surface area contributed by atoms with Gasteiger partial charge in [0.2, 0.25) is 0 Å². The quantitative estimate of drug-likeness (QED) is 0.723. The molecule has 0 aliphatic heterocycles. The first-order chi connectivity index (χ1) is 10.3. The largest absolute Gasteiger partial charge is 0.307 e. The van der Waals surface area contributed by atoms with Gasteiger partial charge in [-0.1, -0.05) is 38.0 Å². The Morgan fingerprint density at radius 3 is 2.67 bits per heavy atom. The molecule has 1 saturated carbocycles. The summed E-state index contributed by atoms with van der Waals surface area (Å²) in [5.41, 5.74) is 0. The second-order valence-electron chi connectivity index (χ2n) is 6.58. The molecule has 1 fully saturated rings. The maximum Gasteiger partial charge on any atom is 0.0388 e. The van der Waals surface area contributed by atoms with Crippen LogP contribution in [0.2, 0.25) is 0 Å². The zero-order chi connectivity index (χ0) is 14.7. The van der Waals surface area contributed by atoms with Crippen molar-refractivity contribution in [1.29, 1.82) is 0 Å². The van der Waals surface area contributed by atoms with Gasteiger partial charge in [-0.15, -0.1) is 11.3 Å². The first kappa shape index (κ1) is 15.1. The highest BCUT2D eigenvalue weighted by Gasteiger charge is 2.22. The van der Waals surface area contributed by atoms with Gasteiger partial charge in [0.25, 0.3) is 0 Å². The molecule has 1 N–H and O–H groups in total. The van der Waals surface area contributed by atoms with E-state index < -0.39 is 0 Å². The van der Waals surface area contributed by atoms with Crippen LogP contribution in [0.5, 0.6) is 0 Å². The van der Waals surface area contributed by atoms with E-state index in [1.807, 2.05) is 11.3 Å². The Morgan fingerprint density at radius 2 is 1.95 bits per heavy atom. The molecule has 1 aromatic heterocycles. The second kappa shape index (κ2) is 6.93. The second-order valence-corrected chi connectivity index (χ2v) is 7.70. The topological polar surface area (TPSA) is 12.0 Å². The molecule has 1 unspecified atom stereocenters. The summed E-state index contributed by atoms with van der Waals surface area (Å²) in [5.74, 6) is 0.993. The van der Waals surface area contributed by atoms with Crippen molar-refractivity contribution in [2.75, 3.05) is 0 Å². The molecule has 0 bridgehead atoms. The minimum Gasteiger partial charge on any atom is -0.307 e. The van der Waals surface area contributed by atoms with E-state index in [4.69, 9.17) is 0 Å². The summed E-state index contributed by atoms with van der Waals surface area (Å²) in [7, 11) is 0. The van der Waals surface area contributed by atoms with E-state index in [2.05, 4.69) is 49.5 Å². The monoisotopic (exact) mass is 301 g/mol. The summed E-state index contributed by atoms with van der Waals surface area (Å²) in [5, 5.41) is 5.26. The van der Waals surface area contributed by atoms with E-state index in [0.29, 0.717) is 6.04 Å². The summed E-state index contributed by atoms with van der Waals surface area (Å²) in [4.78, 5) is 1.48. The highest BCUT2D eigenvalue weighted by atomic mass is 32.1. The Bertz CT molecular complexity index is 533. The van der Waals surface area contributed by atoms with Gasteiger partial charge in [-0.05, 0) is 56.0 Å². The molecule has 114 valence electrons. The van der Waals surface area contributed by atoms with Gasteiger partial charge < -0.3 is 5.32 Å². The molecule has 21 heavy (non-hydrogen) atoms. The van der Waals surface area contributed by atoms with Crippen molar-refractivity contribution in [3.8, 4) is 0 Å². The van der Waals surface area contributed by atoms with Crippen LogP contribution in [-0.4, -0.2) is 6.04 Å². The third-order valence-electron chi connectivity index (χ3n) is 4.90. The Kier molecular flexibility index (Phi) is 4.97. The van der Waals surface area contributed by atoms with Crippen molar-refractivity contribution in [1.82, 2.24) is 5.32 Å². The molecular formula is C19H27NS. The zero-order valence-electron chi connectivity index (χ0n) is 13.3. The molecule has 0 spiro atoms. The molecule has 2 heteroatoms. The third-order valence-corrected chi connectivity index (χ3v) is 6.20. The fourth-order valence-electron chi connectivity index (χ4n) is 3.68. The number of hydrogen-bond donors (Lipinski definition) is 1. The first-order valence-corrected chi connectivity index (χ1v) is 9.32. The molecule has 3 rings (SSSR count). The number of hydrogen-bond acceptors (Lipinski definition) is 2. The lowest BCUT2D eigenvalue weighted by Crippen LogP contribution is -2.34. The summed E-state index contributed by atoms with van der Waals surface area (Å²) < 4.78 is 1.41. The maximum absolute atomic E-state index is 3.87. The fourth-order valence-corrected chi connectivity index (χ4v) is 4.75. The average molecular weight is 301 g/mol. The Labute approximate surface area is 132 Å². The number of rotatable bonds is 5. The Morgan fingerprint density at radius 1 is 1.19 bits per heavy atom. The molecule has 1 heterocycles. The van der Waals surface area contributed by atoms with Crippen LogP contribution in [0.15, 0.2) is 30.3 Å². The molecule has 0 radical (unpaired) electrons. The van der Waals surface area contributed by atoms with Gasteiger partial charge in [0.05, 0.1) is 0 Å². The van der Waals surface area contributed by atoms with Gasteiger partial charge >= 0.3 is 0 Å². The van der Waals surface area contributed by atoms with Crippen molar-refractivity contribution >= 4 is 21.4 Å². The van der Waals surface area contributed by atoms with E-state index in [1.54, 1.807) is 0 Å². The van der Waals surface area contributed by atoms with E-state index >= 15 is 0 Å². The van der Waals surface area contributed by atoms with Gasteiger partial charge in [0.1, 0.15) is 0 Å². The minimum atomic E-state index is 0.482. The number of fused-ring (bicyclic) bond motifs is 1. The van der Waals surface area contributed by atoms with Crippen LogP contribution >= 0.6 is 11.3 Å². The van der Waals surface area contributed by atoms with Crippen LogP contribution in [0.3, 0.4) is 0 Å². The smallest absolute Gasteiger partial charge is 0.0388 e. The SMILES string of the molecule is CCCC1CCC(NC(C)c2cc3ccccc3s2)CC1. The van der Waals surface area contributed by atoms with Crippen LogP contribution in [0, 0.1) is 5.92 Å². The van der Waals surface area contributed by atoms with Gasteiger partial charge in [-0.2, -0.15) is 0 Å². The van der Waals surface area contributed by atoms with Crippen molar-refractivity contribution in [3.63, 3.8) is 0 Å². The third kappa shape index (κ3) is 3.67. The normalized spacial score (nSPS) is 24.3. The summed E-state index contributed by atoms with van der Waals surface area (Å²) in [6, 6.07) is 12.3. The number of thiophene rings is 1. The highest BCUT2D eigenvalue weighted by Crippen LogP contribution is 2.32. The van der Waals surface area contributed by atoms with Crippen molar-refractivity contribution < 1.29 is 0 Å². The zero-order valence-corrected chi connectivity index (χ0v) is 14.1. The van der Waals surface area contributed by atoms with Gasteiger partial charge in [0.15, 0.2) is 0 Å². The van der Waals surface area contributed by atoms with E-state index in [0.717, 1.165) is 12.0 Å². The predicted octanol–water partition coefficient (Wildman–Crippen LogP) is 5.91. The minimum absolute atomic E-state index is 0.482. The van der Waals surface area contributed by atoms with E-state index in [9.17, 15) is 0 Å². The fraction of sp³-hybridized carbons (Fsp3) is 0.579. The van der Waals surface area contributed by atoms with Crippen molar-refractivity contribution in [3.05, 3.63) is 35.2 Å². The summed E-state index contributed by atoms with van der Waals surface area (Å²) in [6.07, 6.45) is 8.34. The molecular weight excluding hydrogens is 274 g/mol. The number of nitrogens with one attached hydrogen (secondary N) is 1. The molecule has 1 aliphatic rings. The van der Waals surface area contributed by atoms with Gasteiger partial charge in [-0.25, -0.2) is 0 Å². The van der Waals surface area contributed by atoms with Crippen LogP contribution in [0.4, 0.5) is 0 Å². The molecule has 1 aliphatic carbocycles. The van der Waals surface area contributed by atoms with Crippen LogP contribution in [0.25, 0.3) is 10.1 Å². The van der Waals surface area contributed by atoms with Gasteiger partial charge in [0, 0.05) is 21.7 Å². The average Bonchev–Trinajstić information content (AvgIpc) is 2.94. The molecule has 0 amide bonds. The van der Waals surface area contributed by atoms with E-state index in [-0.39, 0.29) is 0 Å². The summed E-state index contributed by atoms with van der Waals surface area (Å²) in [6.45, 7) is 4.64. The van der Waals surface area contributed by atoms with Gasteiger partial charge in [-0.3, -0.25) is 0 Å². The Balaban J connectivity index is 1.58. The van der Waals surface area contributed by atoms with Crippen LogP contribution < -0.4 is 5.32 Å². The maximum atomic E-state index is 3.87. The molecule has 2 aromatic rings. The first-order valence-electron chi connectivity index (χ1n) is 8.50. The lowest BCUT2D eigenvalue weighted by molar-refractivity contribution is 0.267. The predicted molar refractivity (Wildman–Crippen MR) is 94.0 cm³/mol. The standard InChI is InChI=1S/C19H27NS/c1-3-6-15-9-11-17(12-10-15)20-14(2)19-13-16-7-4-5-8-18(16)21-19/h4-5,7-8,13-15,17,20H,3,6,9-12H2,1-2H3. The van der Waals surface area contributed by atoms with Crippen molar-refractivity contribution in [2.24, 2.45) is 5.92 Å². The lowest BCUT2D eigenvalue weighted by Gasteiger charge is -2.31. The van der Waals surface area contributed by atoms with Crippen molar-refractivity contribution in [2.45, 2.75) is 64.5 Å². The van der Waals surface area contributed by atoms with E-state index in [1.165, 1.54) is 53.5 Å². The molecule has 0 saturated heterocycles. The molecule has 1 aromatic carbocycles. The lowest BCUT2D eigenvalue weighted by atomic mass is 9.83. The van der Waals surface area contributed by atoms with Crippen LogP contribution in [0.1, 0.15) is 63.3 Å². The molecule has 1 atom stereocenters. The summed E-state index contributed by atoms with van der Waals surface area (Å²) >= 11 is 1.94. The Hall–Kier alpha value is -0.860. The molecule has 1 nitrogen and oxygen atoms in total.